The van der Waals surface area contributed by atoms with Crippen LogP contribution in [0.2, 0.25) is 25.7 Å². The molecule has 0 aliphatic carbocycles. The number of thiazole rings is 1. The van der Waals surface area contributed by atoms with Gasteiger partial charge in [0, 0.05) is 36.9 Å². The second-order valence-corrected chi connectivity index (χ2v) is 17.5. The van der Waals surface area contributed by atoms with Crippen molar-refractivity contribution in [2.75, 3.05) is 11.5 Å². The number of hydrogen-bond acceptors (Lipinski definition) is 5. The van der Waals surface area contributed by atoms with Crippen molar-refractivity contribution in [1.82, 2.24) is 14.5 Å². The lowest BCUT2D eigenvalue weighted by atomic mass is 9.82. The van der Waals surface area contributed by atoms with Gasteiger partial charge in [-0.2, -0.15) is 0 Å². The average molecular weight is 541 g/mol. The van der Waals surface area contributed by atoms with Crippen molar-refractivity contribution in [3.8, 4) is 11.3 Å². The van der Waals surface area contributed by atoms with Gasteiger partial charge in [0.1, 0.15) is 18.4 Å². The van der Waals surface area contributed by atoms with Crippen LogP contribution in [0.15, 0.2) is 42.0 Å². The second kappa shape index (κ2) is 9.73. The fourth-order valence-electron chi connectivity index (χ4n) is 4.66. The van der Waals surface area contributed by atoms with Crippen molar-refractivity contribution in [2.45, 2.75) is 52.3 Å². The summed E-state index contributed by atoms with van der Waals surface area (Å²) in [6.07, 6.45) is 1.71. The molecule has 37 heavy (non-hydrogen) atoms. The Bertz CT molecular complexity index is 1460. The van der Waals surface area contributed by atoms with Gasteiger partial charge in [0.25, 0.3) is 0 Å². The van der Waals surface area contributed by atoms with E-state index in [-0.39, 0.29) is 11.5 Å². The van der Waals surface area contributed by atoms with E-state index in [9.17, 15) is 4.79 Å². The molecule has 2 unspecified atom stereocenters. The van der Waals surface area contributed by atoms with Gasteiger partial charge in [-0.05, 0) is 43.3 Å². The number of rotatable bonds is 8. The van der Waals surface area contributed by atoms with Crippen LogP contribution in [0.4, 0.5) is 14.5 Å². The Morgan fingerprint density at radius 2 is 1.86 bits per heavy atom. The van der Waals surface area contributed by atoms with Gasteiger partial charge in [-0.3, -0.25) is 4.79 Å². The largest absolute Gasteiger partial charge is 0.361 e. The van der Waals surface area contributed by atoms with Gasteiger partial charge in [0.05, 0.1) is 40.0 Å². The predicted molar refractivity (Wildman–Crippen MR) is 145 cm³/mol. The number of β-lactam (4-membered cyclic amide) rings is 1. The Hall–Kier alpha value is -2.95. The molecule has 1 aliphatic rings. The van der Waals surface area contributed by atoms with Crippen LogP contribution in [-0.4, -0.2) is 35.1 Å². The van der Waals surface area contributed by atoms with Gasteiger partial charge in [-0.15, -0.1) is 11.3 Å². The van der Waals surface area contributed by atoms with Crippen LogP contribution >= 0.6 is 11.3 Å². The molecule has 5 rings (SSSR count). The smallest absolute Gasteiger partial charge is 0.232 e. The quantitative estimate of drug-likeness (QED) is 0.140. The number of benzene rings is 2. The fraction of sp³-hybridized carbons (Fsp3) is 0.370. The van der Waals surface area contributed by atoms with E-state index >= 15 is 8.78 Å². The van der Waals surface area contributed by atoms with E-state index in [4.69, 9.17) is 4.74 Å². The Morgan fingerprint density at radius 1 is 1.14 bits per heavy atom. The maximum atomic E-state index is 15.3. The van der Waals surface area contributed by atoms with Crippen molar-refractivity contribution >= 4 is 42.0 Å². The molecule has 6 nitrogen and oxygen atoms in total. The fourth-order valence-corrected chi connectivity index (χ4v) is 6.04. The first-order valence-electron chi connectivity index (χ1n) is 12.3. The van der Waals surface area contributed by atoms with E-state index in [2.05, 4.69) is 29.6 Å². The molecule has 1 fully saturated rings. The van der Waals surface area contributed by atoms with Gasteiger partial charge >= 0.3 is 0 Å². The lowest BCUT2D eigenvalue weighted by molar-refractivity contribution is -0.129. The molecule has 1 saturated heterocycles. The molecule has 2 aromatic carbocycles. The minimum absolute atomic E-state index is 0.107. The first kappa shape index (κ1) is 25.7. The minimum atomic E-state index is -1.17. The molecule has 0 saturated carbocycles. The van der Waals surface area contributed by atoms with E-state index in [1.54, 1.807) is 30.8 Å². The van der Waals surface area contributed by atoms with Crippen molar-refractivity contribution in [3.05, 3.63) is 64.2 Å². The number of nitrogens with zero attached hydrogens (tertiary/aromatic N) is 4. The molecule has 0 bridgehead atoms. The van der Waals surface area contributed by atoms with Crippen LogP contribution in [-0.2, 0) is 16.3 Å². The third-order valence-electron chi connectivity index (χ3n) is 6.78. The third-order valence-corrected chi connectivity index (χ3v) is 9.26. The first-order valence-corrected chi connectivity index (χ1v) is 16.9. The van der Waals surface area contributed by atoms with Crippen molar-refractivity contribution < 1.29 is 18.3 Å². The normalized spacial score (nSPS) is 18.0. The number of fused-ring (bicyclic) bond motifs is 1. The zero-order valence-corrected chi connectivity index (χ0v) is 23.4. The van der Waals surface area contributed by atoms with Crippen LogP contribution in [0.25, 0.3) is 22.3 Å². The van der Waals surface area contributed by atoms with Gasteiger partial charge in [-0.25, -0.2) is 18.7 Å². The SMILES string of the molecule is Cc1nc(-c2cc(F)c(C3C(C)C(=O)N3c3ccc4c(c3)ncn4COCC[Si](C)(C)C)c(F)c2)cs1. The molecular weight excluding hydrogens is 510 g/mol. The lowest BCUT2D eigenvalue weighted by Crippen LogP contribution is -2.54. The number of imidazole rings is 1. The van der Waals surface area contributed by atoms with Crippen LogP contribution < -0.4 is 4.90 Å². The number of ether oxygens (including phenoxy) is 1. The van der Waals surface area contributed by atoms with Crippen molar-refractivity contribution in [1.29, 1.82) is 0 Å². The molecule has 3 heterocycles. The van der Waals surface area contributed by atoms with Crippen LogP contribution in [0.3, 0.4) is 0 Å². The summed E-state index contributed by atoms with van der Waals surface area (Å²) < 4.78 is 38.4. The maximum absolute atomic E-state index is 15.3. The summed E-state index contributed by atoms with van der Waals surface area (Å²) in [4.78, 5) is 23.1. The lowest BCUT2D eigenvalue weighted by Gasteiger charge is -2.46. The highest BCUT2D eigenvalue weighted by atomic mass is 32.1. The summed E-state index contributed by atoms with van der Waals surface area (Å²) in [6.45, 7) is 11.6. The van der Waals surface area contributed by atoms with E-state index in [0.29, 0.717) is 35.8 Å². The van der Waals surface area contributed by atoms with E-state index in [1.165, 1.54) is 28.4 Å². The van der Waals surface area contributed by atoms with Gasteiger partial charge in [0.2, 0.25) is 5.91 Å². The first-order chi connectivity index (χ1) is 17.5. The molecule has 2 atom stereocenters. The van der Waals surface area contributed by atoms with Crippen LogP contribution in [0.1, 0.15) is 23.5 Å². The number of hydrogen-bond donors (Lipinski definition) is 0. The molecule has 1 amide bonds. The summed E-state index contributed by atoms with van der Waals surface area (Å²) in [5.41, 5.74) is 2.92. The Labute approximate surface area is 219 Å². The second-order valence-electron chi connectivity index (χ2n) is 10.8. The molecule has 0 radical (unpaired) electrons. The van der Waals surface area contributed by atoms with Gasteiger partial charge < -0.3 is 14.2 Å². The number of carbonyl (C=O) groups excluding carboxylic acids is 1. The van der Waals surface area contributed by atoms with Gasteiger partial charge in [-0.1, -0.05) is 26.6 Å². The zero-order chi connectivity index (χ0) is 26.5. The number of amides is 1. The monoisotopic (exact) mass is 540 g/mol. The zero-order valence-electron chi connectivity index (χ0n) is 21.6. The Balaban J connectivity index is 1.40. The number of aryl methyl sites for hydroxylation is 1. The standard InChI is InChI=1S/C27H30F2N4O2SSi/c1-16-26(25-20(28)10-18(11-21(25)29)23-13-36-17(2)31-23)33(27(16)34)19-6-7-24-22(12-19)30-14-32(24)15-35-8-9-37(3,4)5/h6-7,10-14,16,26H,8-9,15H2,1-5H3. The summed E-state index contributed by atoms with van der Waals surface area (Å²) in [5.74, 6) is -2.10. The minimum Gasteiger partial charge on any atom is -0.361 e. The Kier molecular flexibility index (Phi) is 6.76. The third kappa shape index (κ3) is 4.97. The highest BCUT2D eigenvalue weighted by Crippen LogP contribution is 2.46. The average Bonchev–Trinajstić information content (AvgIpc) is 3.45. The molecule has 1 aliphatic heterocycles. The highest BCUT2D eigenvalue weighted by Gasteiger charge is 2.48. The summed E-state index contributed by atoms with van der Waals surface area (Å²) in [6, 6.07) is 8.38. The topological polar surface area (TPSA) is 60.2 Å². The summed E-state index contributed by atoms with van der Waals surface area (Å²) in [5, 5.41) is 2.59. The molecule has 10 heteroatoms. The molecule has 0 spiro atoms. The van der Waals surface area contributed by atoms with E-state index in [0.717, 1.165) is 16.6 Å². The van der Waals surface area contributed by atoms with Gasteiger partial charge in [0.15, 0.2) is 0 Å². The number of halogens is 2. The van der Waals surface area contributed by atoms with E-state index in [1.807, 2.05) is 17.6 Å². The van der Waals surface area contributed by atoms with Crippen LogP contribution in [0, 0.1) is 24.5 Å². The molecule has 4 aromatic rings. The molecular formula is C27H30F2N4O2SSi. The predicted octanol–water partition coefficient (Wildman–Crippen LogP) is 6.78. The Morgan fingerprint density at radius 3 is 2.51 bits per heavy atom. The summed E-state index contributed by atoms with van der Waals surface area (Å²) in [7, 11) is -1.17. The molecule has 2 aromatic heterocycles. The maximum Gasteiger partial charge on any atom is 0.232 e. The number of carbonyl (C=O) groups is 1. The highest BCUT2D eigenvalue weighted by molar-refractivity contribution is 7.09. The number of aromatic nitrogens is 3. The number of anilines is 1. The molecule has 0 N–H and O–H groups in total. The van der Waals surface area contributed by atoms with Crippen molar-refractivity contribution in [3.63, 3.8) is 0 Å². The van der Waals surface area contributed by atoms with Crippen molar-refractivity contribution in [2.24, 2.45) is 5.92 Å². The van der Waals surface area contributed by atoms with Crippen LogP contribution in [0.5, 0.6) is 0 Å². The molecule has 194 valence electrons. The summed E-state index contributed by atoms with van der Waals surface area (Å²) >= 11 is 1.42. The van der Waals surface area contributed by atoms with E-state index < -0.39 is 31.7 Å².